The first-order valence-corrected chi connectivity index (χ1v) is 12.6. The van der Waals surface area contributed by atoms with Gasteiger partial charge in [-0.2, -0.15) is 0 Å². The smallest absolute Gasteiger partial charge is 0.239 e. The summed E-state index contributed by atoms with van der Waals surface area (Å²) in [6, 6.07) is 31.2. The molecule has 0 unspecified atom stereocenters. The predicted octanol–water partition coefficient (Wildman–Crippen LogP) is 7.81. The van der Waals surface area contributed by atoms with Crippen molar-refractivity contribution in [2.45, 2.75) is 12.3 Å². The minimum atomic E-state index is -0.863. The summed E-state index contributed by atoms with van der Waals surface area (Å²) in [5, 5.41) is 3.11. The second-order valence-electron chi connectivity index (χ2n) is 8.14. The summed E-state index contributed by atoms with van der Waals surface area (Å²) < 4.78 is 8.00. The van der Waals surface area contributed by atoms with Gasteiger partial charge in [0.2, 0.25) is 11.8 Å². The number of amides is 1. The third-order valence-corrected chi connectivity index (χ3v) is 7.32. The van der Waals surface area contributed by atoms with Gasteiger partial charge in [0.25, 0.3) is 0 Å². The first-order chi connectivity index (χ1) is 16.4. The van der Waals surface area contributed by atoms with Crippen molar-refractivity contribution in [1.29, 1.82) is 0 Å². The fourth-order valence-electron chi connectivity index (χ4n) is 4.01. The van der Waals surface area contributed by atoms with Gasteiger partial charge in [-0.15, -0.1) is 0 Å². The van der Waals surface area contributed by atoms with E-state index in [2.05, 4.69) is 48.8 Å². The lowest BCUT2D eigenvalue weighted by molar-refractivity contribution is -0.119. The van der Waals surface area contributed by atoms with Crippen LogP contribution in [0.3, 0.4) is 0 Å². The molecule has 0 aliphatic carbocycles. The summed E-state index contributed by atoms with van der Waals surface area (Å²) in [4.78, 5) is 18.4. The lowest BCUT2D eigenvalue weighted by Gasteiger charge is -2.29. The molecule has 1 amide bonds. The van der Waals surface area contributed by atoms with Crippen molar-refractivity contribution in [2.75, 3.05) is 5.32 Å². The minimum absolute atomic E-state index is 0.117. The summed E-state index contributed by atoms with van der Waals surface area (Å²) in [5.74, 6) is 0.413. The topological polar surface area (TPSA) is 55.1 Å². The van der Waals surface area contributed by atoms with E-state index in [0.717, 1.165) is 24.7 Å². The monoisotopic (exact) mass is 622 g/mol. The summed E-state index contributed by atoms with van der Waals surface area (Å²) in [7, 11) is 0. The van der Waals surface area contributed by atoms with Crippen molar-refractivity contribution in [3.8, 4) is 11.5 Å². The Kier molecular flexibility index (Phi) is 6.27. The van der Waals surface area contributed by atoms with E-state index >= 15 is 0 Å². The van der Waals surface area contributed by atoms with Crippen molar-refractivity contribution < 1.29 is 9.21 Å². The zero-order valence-electron chi connectivity index (χ0n) is 18.3. The predicted molar refractivity (Wildman–Crippen MR) is 148 cm³/mol. The van der Waals surface area contributed by atoms with E-state index in [0.29, 0.717) is 22.7 Å². The number of anilines is 1. The van der Waals surface area contributed by atoms with Crippen molar-refractivity contribution in [3.05, 3.63) is 116 Å². The Hall–Kier alpha value is -2.97. The molecule has 0 fully saturated rings. The minimum Gasteiger partial charge on any atom is -0.436 e. The fourth-order valence-corrected chi connectivity index (χ4v) is 4.92. The Labute approximate surface area is 219 Å². The van der Waals surface area contributed by atoms with E-state index in [1.807, 2.05) is 104 Å². The second kappa shape index (κ2) is 9.35. The van der Waals surface area contributed by atoms with E-state index in [-0.39, 0.29) is 5.91 Å². The molecule has 4 aromatic carbocycles. The van der Waals surface area contributed by atoms with Gasteiger partial charge in [-0.25, -0.2) is 4.98 Å². The highest BCUT2D eigenvalue weighted by Crippen LogP contribution is 2.35. The molecule has 5 rings (SSSR count). The average molecular weight is 623 g/mol. The van der Waals surface area contributed by atoms with Gasteiger partial charge < -0.3 is 9.73 Å². The average Bonchev–Trinajstić information content (AvgIpc) is 3.29. The van der Waals surface area contributed by atoms with Gasteiger partial charge in [-0.1, -0.05) is 60.7 Å². The number of fused-ring (bicyclic) bond motifs is 1. The second-order valence-corrected chi connectivity index (χ2v) is 10.2. The molecule has 5 aromatic rings. The lowest BCUT2D eigenvalue weighted by atomic mass is 9.75. The molecule has 0 aliphatic heterocycles. The Morgan fingerprint density at radius 2 is 1.56 bits per heavy atom. The first-order valence-electron chi connectivity index (χ1n) is 10.7. The number of nitrogens with one attached hydrogen (secondary N) is 1. The summed E-state index contributed by atoms with van der Waals surface area (Å²) in [6.07, 6.45) is 0. The number of aromatic nitrogens is 1. The van der Waals surface area contributed by atoms with Crippen molar-refractivity contribution >= 4 is 61.2 Å². The summed E-state index contributed by atoms with van der Waals surface area (Å²) in [5.41, 5.74) is 3.87. The fraction of sp³-hybridized carbons (Fsp3) is 0.0714. The Balaban J connectivity index is 1.50. The molecule has 0 saturated carbocycles. The normalized spacial score (nSPS) is 11.5. The number of carbonyl (C=O) groups is 1. The molecule has 34 heavy (non-hydrogen) atoms. The molecule has 6 heteroatoms. The van der Waals surface area contributed by atoms with Crippen LogP contribution in [-0.2, 0) is 10.2 Å². The number of rotatable bonds is 5. The zero-order valence-corrected chi connectivity index (χ0v) is 22.0. The maximum atomic E-state index is 13.7. The van der Waals surface area contributed by atoms with E-state index < -0.39 is 5.41 Å². The van der Waals surface area contributed by atoms with Crippen LogP contribution in [0.15, 0.2) is 106 Å². The lowest BCUT2D eigenvalue weighted by Crippen LogP contribution is -2.38. The van der Waals surface area contributed by atoms with E-state index in [9.17, 15) is 4.79 Å². The quantitative estimate of drug-likeness (QED) is 0.203. The number of nitrogens with zero attached hydrogens (tertiary/aromatic N) is 1. The van der Waals surface area contributed by atoms with Gasteiger partial charge in [0, 0.05) is 13.7 Å². The highest BCUT2D eigenvalue weighted by atomic mass is 127. The number of benzene rings is 4. The van der Waals surface area contributed by atoms with Gasteiger partial charge in [-0.05, 0) is 93.0 Å². The highest BCUT2D eigenvalue weighted by Gasteiger charge is 2.37. The van der Waals surface area contributed by atoms with Gasteiger partial charge in [0.05, 0.1) is 11.0 Å². The Bertz CT molecular complexity index is 1440. The standard InChI is InChI=1S/C28H20BrIN2O2/c1-28(18-8-4-2-5-9-18,19-10-6-3-7-11-19)27(33)31-21-13-15-25-24(17-21)32-26(34-25)22-16-20(30)12-14-23(22)29/h2-17H,1H3,(H,31,33). The zero-order chi connectivity index (χ0) is 23.7. The largest absolute Gasteiger partial charge is 0.436 e. The van der Waals surface area contributed by atoms with E-state index in [1.54, 1.807) is 0 Å². The third kappa shape index (κ3) is 4.28. The Morgan fingerprint density at radius 3 is 2.21 bits per heavy atom. The van der Waals surface area contributed by atoms with Crippen molar-refractivity contribution in [2.24, 2.45) is 0 Å². The molecule has 1 aromatic heterocycles. The molecule has 168 valence electrons. The molecule has 0 spiro atoms. The molecule has 4 nitrogen and oxygen atoms in total. The SMILES string of the molecule is CC(C(=O)Nc1ccc2oc(-c3cc(I)ccc3Br)nc2c1)(c1ccccc1)c1ccccc1. The van der Waals surface area contributed by atoms with Crippen LogP contribution < -0.4 is 5.32 Å². The molecule has 0 aliphatic rings. The highest BCUT2D eigenvalue weighted by molar-refractivity contribution is 14.1. The maximum absolute atomic E-state index is 13.7. The van der Waals surface area contributed by atoms with E-state index in [1.165, 1.54) is 0 Å². The molecular weight excluding hydrogens is 603 g/mol. The molecule has 0 radical (unpaired) electrons. The van der Waals surface area contributed by atoms with Crippen LogP contribution >= 0.6 is 38.5 Å². The number of hydrogen-bond donors (Lipinski definition) is 1. The number of hydrogen-bond acceptors (Lipinski definition) is 3. The van der Waals surface area contributed by atoms with Gasteiger partial charge in [-0.3, -0.25) is 4.79 Å². The van der Waals surface area contributed by atoms with Crippen LogP contribution in [-0.4, -0.2) is 10.9 Å². The van der Waals surface area contributed by atoms with Gasteiger partial charge >= 0.3 is 0 Å². The van der Waals surface area contributed by atoms with Crippen LogP contribution in [0.25, 0.3) is 22.6 Å². The van der Waals surface area contributed by atoms with Gasteiger partial charge in [0.1, 0.15) is 5.52 Å². The Morgan fingerprint density at radius 1 is 0.912 bits per heavy atom. The van der Waals surface area contributed by atoms with Crippen LogP contribution in [0.2, 0.25) is 0 Å². The first kappa shape index (κ1) is 22.8. The van der Waals surface area contributed by atoms with E-state index in [4.69, 9.17) is 4.42 Å². The number of oxazole rings is 1. The number of carbonyl (C=O) groups excluding carboxylic acids is 1. The molecule has 1 N–H and O–H groups in total. The van der Waals surface area contributed by atoms with Crippen molar-refractivity contribution in [3.63, 3.8) is 0 Å². The maximum Gasteiger partial charge on any atom is 0.239 e. The van der Waals surface area contributed by atoms with Crippen LogP contribution in [0.4, 0.5) is 5.69 Å². The van der Waals surface area contributed by atoms with Gasteiger partial charge in [0.15, 0.2) is 5.58 Å². The van der Waals surface area contributed by atoms with Crippen LogP contribution in [0, 0.1) is 3.57 Å². The third-order valence-electron chi connectivity index (χ3n) is 5.96. The van der Waals surface area contributed by atoms with Crippen LogP contribution in [0.5, 0.6) is 0 Å². The summed E-state index contributed by atoms with van der Waals surface area (Å²) >= 11 is 5.84. The molecule has 0 bridgehead atoms. The molecular formula is C28H20BrIN2O2. The molecule has 1 heterocycles. The van der Waals surface area contributed by atoms with Crippen molar-refractivity contribution in [1.82, 2.24) is 4.98 Å². The van der Waals surface area contributed by atoms with Crippen LogP contribution in [0.1, 0.15) is 18.1 Å². The molecule has 0 saturated heterocycles. The number of halogens is 2. The molecule has 0 atom stereocenters. The summed E-state index contributed by atoms with van der Waals surface area (Å²) in [6.45, 7) is 1.95.